The number of fused-ring (bicyclic) bond motifs is 1. The number of amides is 3. The molecule has 0 bridgehead atoms. The van der Waals surface area contributed by atoms with Crippen LogP contribution in [0, 0.1) is 0 Å². The molecule has 0 aromatic heterocycles. The highest BCUT2D eigenvalue weighted by Gasteiger charge is 2.43. The molecule has 6 nitrogen and oxygen atoms in total. The van der Waals surface area contributed by atoms with Crippen molar-refractivity contribution in [3.05, 3.63) is 41.4 Å². The molecule has 1 saturated heterocycles. The predicted molar refractivity (Wildman–Crippen MR) is 98.2 cm³/mol. The van der Waals surface area contributed by atoms with E-state index in [-0.39, 0.29) is 18.9 Å². The molecule has 0 atom stereocenters. The lowest BCUT2D eigenvalue weighted by atomic mass is 10.1. The van der Waals surface area contributed by atoms with Crippen LogP contribution in [-0.2, 0) is 9.59 Å². The molecule has 0 saturated carbocycles. The second kappa shape index (κ2) is 6.96. The van der Waals surface area contributed by atoms with E-state index >= 15 is 0 Å². The highest BCUT2D eigenvalue weighted by Crippen LogP contribution is 2.31. The first-order valence-corrected chi connectivity index (χ1v) is 8.69. The third kappa shape index (κ3) is 3.51. The van der Waals surface area contributed by atoms with Gasteiger partial charge in [-0.1, -0.05) is 35.9 Å². The molecule has 136 valence electrons. The summed E-state index contributed by atoms with van der Waals surface area (Å²) in [5.74, 6) is -0.283. The number of rotatable bonds is 5. The van der Waals surface area contributed by atoms with Gasteiger partial charge in [0, 0.05) is 28.8 Å². The molecule has 2 aromatic carbocycles. The number of ether oxygens (including phenoxy) is 1. The molecular formula is C19H19ClN2O4. The summed E-state index contributed by atoms with van der Waals surface area (Å²) in [6.45, 7) is 3.46. The molecule has 0 unspecified atom stereocenters. The molecule has 1 fully saturated rings. The third-order valence-electron chi connectivity index (χ3n) is 4.26. The molecule has 1 aliphatic heterocycles. The lowest BCUT2D eigenvalue weighted by Crippen LogP contribution is -2.40. The van der Waals surface area contributed by atoms with E-state index in [1.54, 1.807) is 26.0 Å². The van der Waals surface area contributed by atoms with E-state index in [4.69, 9.17) is 16.3 Å². The van der Waals surface area contributed by atoms with Gasteiger partial charge in [-0.05, 0) is 32.4 Å². The Morgan fingerprint density at radius 3 is 2.50 bits per heavy atom. The number of hydrogen-bond acceptors (Lipinski definition) is 4. The molecule has 7 heteroatoms. The van der Waals surface area contributed by atoms with Gasteiger partial charge in [0.25, 0.3) is 5.91 Å². The van der Waals surface area contributed by atoms with Crippen LogP contribution in [-0.4, -0.2) is 34.9 Å². The predicted octanol–water partition coefficient (Wildman–Crippen LogP) is 3.51. The van der Waals surface area contributed by atoms with Gasteiger partial charge in [0.2, 0.25) is 0 Å². The largest absolute Gasteiger partial charge is 0.426 e. The van der Waals surface area contributed by atoms with Crippen molar-refractivity contribution >= 4 is 40.3 Å². The van der Waals surface area contributed by atoms with Crippen LogP contribution in [0.2, 0.25) is 5.02 Å². The topological polar surface area (TPSA) is 75.7 Å². The summed E-state index contributed by atoms with van der Waals surface area (Å²) in [7, 11) is 0. The summed E-state index contributed by atoms with van der Waals surface area (Å²) in [4.78, 5) is 37.2. The summed E-state index contributed by atoms with van der Waals surface area (Å²) in [5, 5.41) is 4.75. The molecule has 1 N–H and O–H groups in total. The number of imide groups is 1. The number of urea groups is 1. The van der Waals surface area contributed by atoms with Gasteiger partial charge in [-0.2, -0.15) is 0 Å². The minimum absolute atomic E-state index is 0.0917. The SMILES string of the molecule is CC1(C)NC(=O)N(CCCC(=O)Oc2ccc(Cl)c3ccccc23)C1=O. The summed E-state index contributed by atoms with van der Waals surface area (Å²) in [6, 6.07) is 10.3. The average Bonchev–Trinajstić information content (AvgIpc) is 2.79. The average molecular weight is 375 g/mol. The molecule has 2 aromatic rings. The summed E-state index contributed by atoms with van der Waals surface area (Å²) in [6.07, 6.45) is 0.425. The van der Waals surface area contributed by atoms with E-state index in [0.29, 0.717) is 17.2 Å². The number of carbonyl (C=O) groups is 3. The van der Waals surface area contributed by atoms with E-state index in [9.17, 15) is 14.4 Å². The van der Waals surface area contributed by atoms with Crippen molar-refractivity contribution in [3.63, 3.8) is 0 Å². The Morgan fingerprint density at radius 1 is 1.15 bits per heavy atom. The molecule has 3 rings (SSSR count). The standard InChI is InChI=1S/C19H19ClN2O4/c1-19(2)17(24)22(18(25)21-19)11-5-8-16(23)26-15-10-9-14(20)12-6-3-4-7-13(12)15/h3-4,6-7,9-10H,5,8,11H2,1-2H3,(H,21,25). The number of nitrogens with one attached hydrogen (secondary N) is 1. The Bertz CT molecular complexity index is 894. The number of carbonyl (C=O) groups excluding carboxylic acids is 3. The fourth-order valence-electron chi connectivity index (χ4n) is 2.90. The van der Waals surface area contributed by atoms with Gasteiger partial charge >= 0.3 is 12.0 Å². The Hall–Kier alpha value is -2.60. The van der Waals surface area contributed by atoms with E-state index in [0.717, 1.165) is 15.7 Å². The van der Waals surface area contributed by atoms with Gasteiger partial charge in [-0.25, -0.2) is 4.79 Å². The van der Waals surface area contributed by atoms with Crippen LogP contribution in [0.5, 0.6) is 5.75 Å². The molecule has 1 heterocycles. The van der Waals surface area contributed by atoms with E-state index < -0.39 is 17.5 Å². The van der Waals surface area contributed by atoms with E-state index in [1.807, 2.05) is 24.3 Å². The quantitative estimate of drug-likeness (QED) is 0.493. The highest BCUT2D eigenvalue weighted by atomic mass is 35.5. The number of halogens is 1. The van der Waals surface area contributed by atoms with Crippen molar-refractivity contribution < 1.29 is 19.1 Å². The number of hydrogen-bond donors (Lipinski definition) is 1. The van der Waals surface area contributed by atoms with Crippen molar-refractivity contribution in [3.8, 4) is 5.75 Å². The first kappa shape index (κ1) is 18.2. The molecule has 26 heavy (non-hydrogen) atoms. The molecule has 3 amide bonds. The fraction of sp³-hybridized carbons (Fsp3) is 0.316. The smallest absolute Gasteiger partial charge is 0.325 e. The zero-order valence-corrected chi connectivity index (χ0v) is 15.3. The number of nitrogens with zero attached hydrogens (tertiary/aromatic N) is 1. The van der Waals surface area contributed by atoms with Crippen molar-refractivity contribution in [2.45, 2.75) is 32.2 Å². The molecule has 0 spiro atoms. The maximum Gasteiger partial charge on any atom is 0.325 e. The van der Waals surface area contributed by atoms with Crippen LogP contribution >= 0.6 is 11.6 Å². The van der Waals surface area contributed by atoms with Crippen molar-refractivity contribution in [2.75, 3.05) is 6.54 Å². The number of esters is 1. The van der Waals surface area contributed by atoms with Gasteiger partial charge in [0.1, 0.15) is 11.3 Å². The Morgan fingerprint density at radius 2 is 1.85 bits per heavy atom. The molecule has 0 aliphatic carbocycles. The van der Waals surface area contributed by atoms with Crippen LogP contribution in [0.15, 0.2) is 36.4 Å². The number of benzene rings is 2. The minimum atomic E-state index is -0.903. The maximum atomic E-state index is 12.1. The zero-order valence-electron chi connectivity index (χ0n) is 14.5. The normalized spacial score (nSPS) is 16.0. The Kier molecular flexibility index (Phi) is 4.87. The molecular weight excluding hydrogens is 356 g/mol. The summed E-state index contributed by atoms with van der Waals surface area (Å²) < 4.78 is 5.44. The van der Waals surface area contributed by atoms with Gasteiger partial charge in [0.15, 0.2) is 0 Å². The summed E-state index contributed by atoms with van der Waals surface area (Å²) in [5.41, 5.74) is -0.903. The lowest BCUT2D eigenvalue weighted by molar-refractivity contribution is -0.135. The van der Waals surface area contributed by atoms with Gasteiger partial charge in [-0.3, -0.25) is 14.5 Å². The Labute approximate surface area is 156 Å². The van der Waals surface area contributed by atoms with Crippen LogP contribution in [0.1, 0.15) is 26.7 Å². The highest BCUT2D eigenvalue weighted by molar-refractivity contribution is 6.35. The van der Waals surface area contributed by atoms with Crippen molar-refractivity contribution in [1.29, 1.82) is 0 Å². The van der Waals surface area contributed by atoms with Crippen LogP contribution in [0.25, 0.3) is 10.8 Å². The maximum absolute atomic E-state index is 12.1. The van der Waals surface area contributed by atoms with Gasteiger partial charge in [-0.15, -0.1) is 0 Å². The molecule has 1 aliphatic rings. The van der Waals surface area contributed by atoms with Crippen LogP contribution in [0.4, 0.5) is 4.79 Å². The fourth-order valence-corrected chi connectivity index (χ4v) is 3.13. The van der Waals surface area contributed by atoms with Crippen LogP contribution < -0.4 is 10.1 Å². The second-order valence-corrected chi connectivity index (χ2v) is 7.09. The van der Waals surface area contributed by atoms with Crippen molar-refractivity contribution in [2.24, 2.45) is 0 Å². The van der Waals surface area contributed by atoms with Gasteiger partial charge in [0.05, 0.1) is 0 Å². The minimum Gasteiger partial charge on any atom is -0.426 e. The zero-order chi connectivity index (χ0) is 18.9. The van der Waals surface area contributed by atoms with E-state index in [2.05, 4.69) is 5.32 Å². The monoisotopic (exact) mass is 374 g/mol. The lowest BCUT2D eigenvalue weighted by Gasteiger charge is -2.15. The van der Waals surface area contributed by atoms with Crippen molar-refractivity contribution in [1.82, 2.24) is 10.2 Å². The molecule has 0 radical (unpaired) electrons. The van der Waals surface area contributed by atoms with Gasteiger partial charge < -0.3 is 10.1 Å². The van der Waals surface area contributed by atoms with Crippen LogP contribution in [0.3, 0.4) is 0 Å². The van der Waals surface area contributed by atoms with E-state index in [1.165, 1.54) is 0 Å². The summed E-state index contributed by atoms with van der Waals surface area (Å²) >= 11 is 6.16. The first-order valence-electron chi connectivity index (χ1n) is 8.31. The first-order chi connectivity index (χ1) is 12.3. The second-order valence-electron chi connectivity index (χ2n) is 6.68. The third-order valence-corrected chi connectivity index (χ3v) is 4.59. The Balaban J connectivity index is 1.60.